The number of piperidine rings is 1. The zero-order chi connectivity index (χ0) is 21.8. The average molecular weight is 425 g/mol. The van der Waals surface area contributed by atoms with E-state index < -0.39 is 0 Å². The van der Waals surface area contributed by atoms with Gasteiger partial charge in [-0.15, -0.1) is 0 Å². The van der Waals surface area contributed by atoms with Crippen molar-refractivity contribution in [3.8, 4) is 5.75 Å². The molecule has 2 atom stereocenters. The van der Waals surface area contributed by atoms with Gasteiger partial charge in [0.15, 0.2) is 0 Å². The van der Waals surface area contributed by atoms with Gasteiger partial charge in [-0.3, -0.25) is 9.59 Å². The Bertz CT molecular complexity index is 909. The van der Waals surface area contributed by atoms with Crippen LogP contribution in [0.1, 0.15) is 42.9 Å². The lowest BCUT2D eigenvalue weighted by Gasteiger charge is -2.33. The van der Waals surface area contributed by atoms with Crippen molar-refractivity contribution in [3.05, 3.63) is 65.5 Å². The fourth-order valence-electron chi connectivity index (χ4n) is 4.29. The number of hydrogen-bond donors (Lipinski definition) is 1. The molecule has 1 aliphatic carbocycles. The maximum atomic E-state index is 13.1. The number of halogens is 1. The van der Waals surface area contributed by atoms with Crippen molar-refractivity contribution in [1.29, 1.82) is 0 Å². The minimum atomic E-state index is -0.312. The molecule has 0 aromatic heterocycles. The van der Waals surface area contributed by atoms with E-state index in [0.717, 1.165) is 42.6 Å². The molecule has 31 heavy (non-hydrogen) atoms. The maximum Gasteiger partial charge on any atom is 0.227 e. The van der Waals surface area contributed by atoms with Gasteiger partial charge in [0.1, 0.15) is 11.6 Å². The quantitative estimate of drug-likeness (QED) is 0.734. The van der Waals surface area contributed by atoms with Crippen LogP contribution in [0, 0.1) is 17.7 Å². The van der Waals surface area contributed by atoms with E-state index in [9.17, 15) is 14.0 Å². The normalized spacial score (nSPS) is 19.5. The van der Waals surface area contributed by atoms with Gasteiger partial charge < -0.3 is 15.0 Å². The number of amides is 2. The highest BCUT2D eigenvalue weighted by atomic mass is 19.1. The molecule has 5 nitrogen and oxygen atoms in total. The standard InChI is InChI=1S/C25H29FN2O3/c1-31-22-12-8-19(9-13-22)24(18-6-7-18)27-25(30)20-3-2-14-28(16-20)23(29)15-17-4-10-21(26)11-5-17/h4-5,8-13,18,20,24H,2-3,6-7,14-16H2,1H3,(H,27,30). The number of benzene rings is 2. The molecule has 1 aliphatic heterocycles. The SMILES string of the molecule is COc1ccc(C(NC(=O)C2CCCN(C(=O)Cc3ccc(F)cc3)C2)C2CC2)cc1. The van der Waals surface area contributed by atoms with E-state index in [1.807, 2.05) is 24.3 Å². The van der Waals surface area contributed by atoms with E-state index in [0.29, 0.717) is 19.0 Å². The molecule has 2 aromatic rings. The number of nitrogens with one attached hydrogen (secondary N) is 1. The zero-order valence-electron chi connectivity index (χ0n) is 17.9. The molecular formula is C25H29FN2O3. The highest BCUT2D eigenvalue weighted by Crippen LogP contribution is 2.41. The minimum absolute atomic E-state index is 0.00343. The summed E-state index contributed by atoms with van der Waals surface area (Å²) in [7, 11) is 1.64. The number of nitrogens with zero attached hydrogens (tertiary/aromatic N) is 1. The molecule has 2 aromatic carbocycles. The van der Waals surface area contributed by atoms with E-state index in [1.54, 1.807) is 24.1 Å². The number of likely N-dealkylation sites (tertiary alicyclic amines) is 1. The summed E-state index contributed by atoms with van der Waals surface area (Å²) in [6.07, 6.45) is 4.05. The van der Waals surface area contributed by atoms with Crippen LogP contribution in [0.2, 0.25) is 0 Å². The Hall–Kier alpha value is -2.89. The molecule has 1 saturated heterocycles. The van der Waals surface area contributed by atoms with E-state index in [-0.39, 0.29) is 36.0 Å². The first-order valence-corrected chi connectivity index (χ1v) is 11.0. The van der Waals surface area contributed by atoms with Crippen LogP contribution in [-0.4, -0.2) is 36.9 Å². The third-order valence-corrected chi connectivity index (χ3v) is 6.28. The second kappa shape index (κ2) is 9.50. The van der Waals surface area contributed by atoms with Gasteiger partial charge in [0.05, 0.1) is 25.5 Å². The van der Waals surface area contributed by atoms with Gasteiger partial charge in [-0.05, 0) is 67.0 Å². The van der Waals surface area contributed by atoms with Gasteiger partial charge in [-0.2, -0.15) is 0 Å². The average Bonchev–Trinajstić information content (AvgIpc) is 3.64. The lowest BCUT2D eigenvalue weighted by molar-refractivity contribution is -0.135. The summed E-state index contributed by atoms with van der Waals surface area (Å²) in [5.74, 6) is 0.757. The lowest BCUT2D eigenvalue weighted by atomic mass is 9.94. The smallest absolute Gasteiger partial charge is 0.227 e. The van der Waals surface area contributed by atoms with Crippen LogP contribution in [-0.2, 0) is 16.0 Å². The Kier molecular flexibility index (Phi) is 6.54. The molecule has 2 fully saturated rings. The molecule has 2 aliphatic rings. The van der Waals surface area contributed by atoms with Crippen LogP contribution >= 0.6 is 0 Å². The lowest BCUT2D eigenvalue weighted by Crippen LogP contribution is -2.46. The summed E-state index contributed by atoms with van der Waals surface area (Å²) in [6, 6.07) is 13.9. The molecule has 1 heterocycles. The monoisotopic (exact) mass is 424 g/mol. The Balaban J connectivity index is 1.37. The second-order valence-corrected chi connectivity index (χ2v) is 8.58. The molecule has 0 radical (unpaired) electrons. The topological polar surface area (TPSA) is 58.6 Å². The van der Waals surface area contributed by atoms with E-state index in [2.05, 4.69) is 5.32 Å². The number of carbonyl (C=O) groups excluding carboxylic acids is 2. The Morgan fingerprint density at radius 1 is 1.10 bits per heavy atom. The summed E-state index contributed by atoms with van der Waals surface area (Å²) in [4.78, 5) is 27.6. The fourth-order valence-corrected chi connectivity index (χ4v) is 4.29. The largest absolute Gasteiger partial charge is 0.497 e. The Morgan fingerprint density at radius 2 is 1.81 bits per heavy atom. The third kappa shape index (κ3) is 5.43. The van der Waals surface area contributed by atoms with Gasteiger partial charge >= 0.3 is 0 Å². The van der Waals surface area contributed by atoms with E-state index in [4.69, 9.17) is 4.74 Å². The van der Waals surface area contributed by atoms with Gasteiger partial charge in [0.25, 0.3) is 0 Å². The van der Waals surface area contributed by atoms with Crippen molar-refractivity contribution < 1.29 is 18.7 Å². The third-order valence-electron chi connectivity index (χ3n) is 6.28. The summed E-state index contributed by atoms with van der Waals surface area (Å²) in [6.45, 7) is 1.10. The molecule has 2 unspecified atom stereocenters. The Morgan fingerprint density at radius 3 is 2.45 bits per heavy atom. The first kappa shape index (κ1) is 21.3. The summed E-state index contributed by atoms with van der Waals surface area (Å²) < 4.78 is 18.3. The van der Waals surface area contributed by atoms with Crippen molar-refractivity contribution in [2.75, 3.05) is 20.2 Å². The Labute approximate surface area is 182 Å². The first-order valence-electron chi connectivity index (χ1n) is 11.0. The molecular weight excluding hydrogens is 395 g/mol. The molecule has 1 N–H and O–H groups in total. The van der Waals surface area contributed by atoms with Crippen LogP contribution in [0.25, 0.3) is 0 Å². The second-order valence-electron chi connectivity index (χ2n) is 8.58. The highest BCUT2D eigenvalue weighted by molar-refractivity contribution is 5.82. The van der Waals surface area contributed by atoms with Gasteiger partial charge in [-0.25, -0.2) is 4.39 Å². The predicted molar refractivity (Wildman–Crippen MR) is 116 cm³/mol. The van der Waals surface area contributed by atoms with Crippen molar-refractivity contribution in [1.82, 2.24) is 10.2 Å². The fraction of sp³-hybridized carbons (Fsp3) is 0.440. The molecule has 6 heteroatoms. The summed E-state index contributed by atoms with van der Waals surface area (Å²) >= 11 is 0. The molecule has 2 amide bonds. The molecule has 1 saturated carbocycles. The van der Waals surface area contributed by atoms with E-state index >= 15 is 0 Å². The van der Waals surface area contributed by atoms with Crippen molar-refractivity contribution in [2.45, 2.75) is 38.1 Å². The van der Waals surface area contributed by atoms with Crippen molar-refractivity contribution >= 4 is 11.8 Å². The van der Waals surface area contributed by atoms with Crippen LogP contribution in [0.15, 0.2) is 48.5 Å². The number of methoxy groups -OCH3 is 1. The van der Waals surface area contributed by atoms with Crippen LogP contribution in [0.4, 0.5) is 4.39 Å². The first-order chi connectivity index (χ1) is 15.0. The van der Waals surface area contributed by atoms with Gasteiger partial charge in [0, 0.05) is 13.1 Å². The maximum absolute atomic E-state index is 13.1. The number of ether oxygens (including phenoxy) is 1. The summed E-state index contributed by atoms with van der Waals surface area (Å²) in [5.41, 5.74) is 1.88. The van der Waals surface area contributed by atoms with Crippen LogP contribution < -0.4 is 10.1 Å². The predicted octanol–water partition coefficient (Wildman–Crippen LogP) is 3.88. The molecule has 164 valence electrons. The number of rotatable bonds is 7. The van der Waals surface area contributed by atoms with Gasteiger partial charge in [-0.1, -0.05) is 24.3 Å². The van der Waals surface area contributed by atoms with Crippen LogP contribution in [0.3, 0.4) is 0 Å². The summed E-state index contributed by atoms with van der Waals surface area (Å²) in [5, 5.41) is 3.26. The minimum Gasteiger partial charge on any atom is -0.497 e. The molecule has 4 rings (SSSR count). The van der Waals surface area contributed by atoms with Gasteiger partial charge in [0.2, 0.25) is 11.8 Å². The van der Waals surface area contributed by atoms with Crippen molar-refractivity contribution in [2.24, 2.45) is 11.8 Å². The van der Waals surface area contributed by atoms with Crippen molar-refractivity contribution in [3.63, 3.8) is 0 Å². The van der Waals surface area contributed by atoms with Crippen LogP contribution in [0.5, 0.6) is 5.75 Å². The molecule has 0 bridgehead atoms. The number of hydrogen-bond acceptors (Lipinski definition) is 3. The molecule has 0 spiro atoms. The highest BCUT2D eigenvalue weighted by Gasteiger charge is 2.36. The van der Waals surface area contributed by atoms with E-state index in [1.165, 1.54) is 12.1 Å². The number of carbonyl (C=O) groups is 2. The zero-order valence-corrected chi connectivity index (χ0v) is 17.9.